The fraction of sp³-hybridized carbons (Fsp3) is 0. The van der Waals surface area contributed by atoms with Crippen LogP contribution in [0.4, 0.5) is 0 Å². The predicted octanol–water partition coefficient (Wildman–Crippen LogP) is 2.89. The van der Waals surface area contributed by atoms with Crippen molar-refractivity contribution >= 4 is 46.5 Å². The molecule has 3 nitrogen and oxygen atoms in total. The van der Waals surface area contributed by atoms with Crippen molar-refractivity contribution in [1.82, 2.24) is 0 Å². The molecule has 3 N–H and O–H groups in total. The first-order valence-corrected chi connectivity index (χ1v) is 5.21. The summed E-state index contributed by atoms with van der Waals surface area (Å²) in [7, 11) is 0. The first-order chi connectivity index (χ1) is 7.45. The Morgan fingerprint density at radius 2 is 2.12 bits per heavy atom. The van der Waals surface area contributed by atoms with E-state index in [2.05, 4.69) is 12.2 Å². The number of nitrogens with two attached hydrogens (primary N) is 1. The first kappa shape index (κ1) is 12.8. The predicted molar refractivity (Wildman–Crippen MR) is 68.5 cm³/mol. The monoisotopic (exact) mass is 272 g/mol. The SMILES string of the molecule is N#C/C(=C\c1cc(Cl)cc(Cl)c1O)C(N)=S. The second kappa shape index (κ2) is 5.17. The van der Waals surface area contributed by atoms with Crippen molar-refractivity contribution < 1.29 is 5.11 Å². The van der Waals surface area contributed by atoms with Crippen molar-refractivity contribution in [3.63, 3.8) is 0 Å². The standard InChI is InChI=1S/C10H6Cl2N2OS/c11-7-2-5(9(15)8(12)3-7)1-6(4-13)10(14)16/h1-3,15H,(H2,14,16)/b6-1+. The Hall–Kier alpha value is -1.28. The van der Waals surface area contributed by atoms with Gasteiger partial charge in [-0.1, -0.05) is 35.4 Å². The van der Waals surface area contributed by atoms with Crippen LogP contribution in [0, 0.1) is 11.3 Å². The van der Waals surface area contributed by atoms with Crippen molar-refractivity contribution in [2.24, 2.45) is 5.73 Å². The van der Waals surface area contributed by atoms with Gasteiger partial charge in [-0.3, -0.25) is 0 Å². The lowest BCUT2D eigenvalue weighted by atomic mass is 10.1. The zero-order valence-corrected chi connectivity index (χ0v) is 10.2. The minimum Gasteiger partial charge on any atom is -0.506 e. The second-order valence-corrected chi connectivity index (χ2v) is 4.14. The molecule has 1 rings (SSSR count). The number of halogens is 2. The molecule has 1 aromatic carbocycles. The molecule has 0 radical (unpaired) electrons. The Morgan fingerprint density at radius 3 is 2.62 bits per heavy atom. The van der Waals surface area contributed by atoms with Crippen LogP contribution in [0.2, 0.25) is 10.0 Å². The maximum Gasteiger partial charge on any atom is 0.141 e. The molecule has 82 valence electrons. The summed E-state index contributed by atoms with van der Waals surface area (Å²) in [5.41, 5.74) is 5.68. The number of rotatable bonds is 2. The lowest BCUT2D eigenvalue weighted by Crippen LogP contribution is -2.09. The lowest BCUT2D eigenvalue weighted by molar-refractivity contribution is 0.474. The van der Waals surface area contributed by atoms with Gasteiger partial charge in [0.1, 0.15) is 16.8 Å². The number of benzene rings is 1. The molecule has 0 bridgehead atoms. The molecule has 0 aliphatic heterocycles. The van der Waals surface area contributed by atoms with Crippen molar-refractivity contribution in [2.75, 3.05) is 0 Å². The number of hydrogen-bond donors (Lipinski definition) is 2. The molecule has 0 saturated carbocycles. The van der Waals surface area contributed by atoms with Crippen LogP contribution < -0.4 is 5.73 Å². The molecule has 0 atom stereocenters. The molecule has 0 aromatic heterocycles. The minimum atomic E-state index is -0.171. The number of nitriles is 1. The maximum atomic E-state index is 9.62. The van der Waals surface area contributed by atoms with Crippen LogP contribution in [0.15, 0.2) is 17.7 Å². The highest BCUT2D eigenvalue weighted by molar-refractivity contribution is 7.80. The smallest absolute Gasteiger partial charge is 0.141 e. The molecule has 0 fully saturated rings. The fourth-order valence-electron chi connectivity index (χ4n) is 1.01. The van der Waals surface area contributed by atoms with Gasteiger partial charge < -0.3 is 10.8 Å². The Kier molecular flexibility index (Phi) is 4.13. The number of aromatic hydroxyl groups is 1. The van der Waals surface area contributed by atoms with E-state index in [0.29, 0.717) is 10.6 Å². The van der Waals surface area contributed by atoms with Gasteiger partial charge in [-0.15, -0.1) is 0 Å². The van der Waals surface area contributed by atoms with Gasteiger partial charge in [-0.05, 0) is 18.2 Å². The molecule has 0 unspecified atom stereocenters. The summed E-state index contributed by atoms with van der Waals surface area (Å²) in [6.45, 7) is 0. The van der Waals surface area contributed by atoms with Gasteiger partial charge in [-0.25, -0.2) is 0 Å². The van der Waals surface area contributed by atoms with Crippen LogP contribution in [0.25, 0.3) is 6.08 Å². The number of thiocarbonyl (C=S) groups is 1. The third-order valence-electron chi connectivity index (χ3n) is 1.74. The van der Waals surface area contributed by atoms with Crippen LogP contribution in [-0.4, -0.2) is 10.1 Å². The average molecular weight is 273 g/mol. The number of phenolic OH excluding ortho intramolecular Hbond substituents is 1. The van der Waals surface area contributed by atoms with Crippen molar-refractivity contribution in [2.45, 2.75) is 0 Å². The van der Waals surface area contributed by atoms with E-state index in [1.165, 1.54) is 18.2 Å². The third-order valence-corrected chi connectivity index (χ3v) is 2.47. The Morgan fingerprint density at radius 1 is 1.50 bits per heavy atom. The van der Waals surface area contributed by atoms with Gasteiger partial charge in [-0.2, -0.15) is 5.26 Å². The van der Waals surface area contributed by atoms with Crippen LogP contribution in [0.1, 0.15) is 5.56 Å². The molecule has 0 heterocycles. The van der Waals surface area contributed by atoms with Gasteiger partial charge in [0.2, 0.25) is 0 Å². The summed E-state index contributed by atoms with van der Waals surface area (Å²) in [5, 5.41) is 18.8. The molecular weight excluding hydrogens is 267 g/mol. The van der Waals surface area contributed by atoms with Crippen molar-refractivity contribution in [1.29, 1.82) is 5.26 Å². The summed E-state index contributed by atoms with van der Waals surface area (Å²) in [5.74, 6) is -0.171. The van der Waals surface area contributed by atoms with E-state index in [1.54, 1.807) is 0 Å². The first-order valence-electron chi connectivity index (χ1n) is 4.05. The van der Waals surface area contributed by atoms with Crippen LogP contribution in [0.3, 0.4) is 0 Å². The molecule has 0 aliphatic carbocycles. The topological polar surface area (TPSA) is 70.0 Å². The lowest BCUT2D eigenvalue weighted by Gasteiger charge is -2.03. The molecule has 0 aliphatic rings. The molecule has 6 heteroatoms. The van der Waals surface area contributed by atoms with E-state index in [1.807, 2.05) is 6.07 Å². The average Bonchev–Trinajstić information content (AvgIpc) is 2.20. The quantitative estimate of drug-likeness (QED) is 0.494. The van der Waals surface area contributed by atoms with Gasteiger partial charge in [0, 0.05) is 10.6 Å². The van der Waals surface area contributed by atoms with Crippen molar-refractivity contribution in [3.05, 3.63) is 33.3 Å². The minimum absolute atomic E-state index is 0.0574. The van der Waals surface area contributed by atoms with Crippen LogP contribution in [-0.2, 0) is 0 Å². The second-order valence-electron chi connectivity index (χ2n) is 2.86. The molecule has 0 amide bonds. The maximum absolute atomic E-state index is 9.62. The van der Waals surface area contributed by atoms with E-state index in [-0.39, 0.29) is 21.3 Å². The third kappa shape index (κ3) is 2.86. The zero-order chi connectivity index (χ0) is 12.3. The van der Waals surface area contributed by atoms with Gasteiger partial charge >= 0.3 is 0 Å². The highest BCUT2D eigenvalue weighted by Crippen LogP contribution is 2.32. The summed E-state index contributed by atoms with van der Waals surface area (Å²) < 4.78 is 0. The van der Waals surface area contributed by atoms with Crippen LogP contribution in [0.5, 0.6) is 5.75 Å². The normalized spacial score (nSPS) is 10.9. The summed E-state index contributed by atoms with van der Waals surface area (Å²) in [6, 6.07) is 4.66. The zero-order valence-electron chi connectivity index (χ0n) is 7.87. The number of nitrogens with zero attached hydrogens (tertiary/aromatic N) is 1. The highest BCUT2D eigenvalue weighted by atomic mass is 35.5. The Bertz CT molecular complexity index is 520. The number of hydrogen-bond acceptors (Lipinski definition) is 3. The van der Waals surface area contributed by atoms with E-state index in [4.69, 9.17) is 34.2 Å². The van der Waals surface area contributed by atoms with Gasteiger partial charge in [0.15, 0.2) is 0 Å². The summed E-state index contributed by atoms with van der Waals surface area (Å²) >= 11 is 16.1. The largest absolute Gasteiger partial charge is 0.506 e. The van der Waals surface area contributed by atoms with E-state index in [0.717, 1.165) is 0 Å². The number of phenols is 1. The van der Waals surface area contributed by atoms with E-state index in [9.17, 15) is 5.11 Å². The Labute approximate surface area is 108 Å². The van der Waals surface area contributed by atoms with Gasteiger partial charge in [0.25, 0.3) is 0 Å². The van der Waals surface area contributed by atoms with E-state index < -0.39 is 0 Å². The van der Waals surface area contributed by atoms with Gasteiger partial charge in [0.05, 0.1) is 10.6 Å². The summed E-state index contributed by atoms with van der Waals surface area (Å²) in [4.78, 5) is -0.0574. The van der Waals surface area contributed by atoms with E-state index >= 15 is 0 Å². The van der Waals surface area contributed by atoms with Crippen molar-refractivity contribution in [3.8, 4) is 11.8 Å². The highest BCUT2D eigenvalue weighted by Gasteiger charge is 2.08. The fourth-order valence-corrected chi connectivity index (χ4v) is 1.62. The molecule has 0 saturated heterocycles. The molecule has 0 spiro atoms. The summed E-state index contributed by atoms with van der Waals surface area (Å²) in [6.07, 6.45) is 1.33. The molecule has 1 aromatic rings. The molecule has 16 heavy (non-hydrogen) atoms. The Balaban J connectivity index is 3.35. The molecular formula is C10H6Cl2N2OS. The van der Waals surface area contributed by atoms with Crippen LogP contribution >= 0.6 is 35.4 Å².